The Hall–Kier alpha value is -2.33. The van der Waals surface area contributed by atoms with Gasteiger partial charge in [0, 0.05) is 24.2 Å². The van der Waals surface area contributed by atoms with Gasteiger partial charge < -0.3 is 9.88 Å². The van der Waals surface area contributed by atoms with Crippen LogP contribution in [0.15, 0.2) is 48.8 Å². The van der Waals surface area contributed by atoms with E-state index in [-0.39, 0.29) is 5.91 Å². The van der Waals surface area contributed by atoms with E-state index in [0.29, 0.717) is 17.1 Å². The van der Waals surface area contributed by atoms with Crippen LogP contribution < -0.4 is 5.32 Å². The maximum absolute atomic E-state index is 12.0. The molecule has 22 heavy (non-hydrogen) atoms. The second kappa shape index (κ2) is 6.20. The third kappa shape index (κ3) is 3.12. The average molecular weight is 314 g/mol. The lowest BCUT2D eigenvalue weighted by Gasteiger charge is -2.06. The molecule has 0 radical (unpaired) electrons. The maximum atomic E-state index is 12.0. The molecule has 1 heterocycles. The molecule has 112 valence electrons. The summed E-state index contributed by atoms with van der Waals surface area (Å²) in [6.45, 7) is 0.583. The summed E-state index contributed by atoms with van der Waals surface area (Å²) < 4.78 is 1.99. The molecule has 3 rings (SSSR count). The van der Waals surface area contributed by atoms with Gasteiger partial charge in [-0.25, -0.2) is 4.98 Å². The van der Waals surface area contributed by atoms with Gasteiger partial charge in [0.05, 0.1) is 17.4 Å². The van der Waals surface area contributed by atoms with Crippen LogP contribution in [0.5, 0.6) is 0 Å². The van der Waals surface area contributed by atoms with Gasteiger partial charge in [-0.15, -0.1) is 0 Å². The smallest absolute Gasteiger partial charge is 0.251 e. The first kappa shape index (κ1) is 14.6. The molecule has 0 fully saturated rings. The molecule has 0 aliphatic carbocycles. The predicted molar refractivity (Wildman–Crippen MR) is 88.2 cm³/mol. The molecule has 2 aromatic carbocycles. The van der Waals surface area contributed by atoms with Crippen LogP contribution in [0.2, 0.25) is 5.02 Å². The second-order valence-corrected chi connectivity index (χ2v) is 5.63. The molecular weight excluding hydrogens is 298 g/mol. The summed E-state index contributed by atoms with van der Waals surface area (Å²) in [6, 6.07) is 13.0. The Morgan fingerprint density at radius 3 is 2.77 bits per heavy atom. The van der Waals surface area contributed by atoms with Gasteiger partial charge in [0.15, 0.2) is 0 Å². The van der Waals surface area contributed by atoms with E-state index in [1.807, 2.05) is 11.6 Å². The van der Waals surface area contributed by atoms with Crippen LogP contribution in [0.4, 0.5) is 0 Å². The number of carbonyl (C=O) groups excluding carboxylic acids is 1. The lowest BCUT2D eigenvalue weighted by molar-refractivity contribution is 0.0954. The van der Waals surface area contributed by atoms with Gasteiger partial charge in [-0.3, -0.25) is 4.79 Å². The quantitative estimate of drug-likeness (QED) is 0.804. The fourth-order valence-electron chi connectivity index (χ4n) is 2.36. The molecule has 0 spiro atoms. The van der Waals surface area contributed by atoms with Gasteiger partial charge in [-0.1, -0.05) is 17.7 Å². The first-order valence-electron chi connectivity index (χ1n) is 7.07. The summed E-state index contributed by atoms with van der Waals surface area (Å²) >= 11 is 5.81. The Balaban J connectivity index is 1.59. The monoisotopic (exact) mass is 313 g/mol. The zero-order chi connectivity index (χ0) is 15.5. The molecule has 0 unspecified atom stereocenters. The normalized spacial score (nSPS) is 10.8. The molecule has 3 aromatic rings. The summed E-state index contributed by atoms with van der Waals surface area (Å²) in [5, 5.41) is 3.54. The number of nitrogens with zero attached hydrogens (tertiary/aromatic N) is 2. The first-order valence-corrected chi connectivity index (χ1v) is 7.45. The summed E-state index contributed by atoms with van der Waals surface area (Å²) in [4.78, 5) is 16.3. The summed E-state index contributed by atoms with van der Waals surface area (Å²) in [5.41, 5.74) is 3.85. The maximum Gasteiger partial charge on any atom is 0.251 e. The minimum absolute atomic E-state index is 0.0874. The van der Waals surface area contributed by atoms with Crippen LogP contribution in [0.25, 0.3) is 11.0 Å². The third-order valence-corrected chi connectivity index (χ3v) is 3.85. The highest BCUT2D eigenvalue weighted by Gasteiger charge is 2.05. The summed E-state index contributed by atoms with van der Waals surface area (Å²) in [6.07, 6.45) is 2.57. The molecule has 4 nitrogen and oxygen atoms in total. The highest BCUT2D eigenvalue weighted by Crippen LogP contribution is 2.14. The van der Waals surface area contributed by atoms with E-state index in [9.17, 15) is 4.79 Å². The fraction of sp³-hybridized carbons (Fsp3) is 0.176. The molecule has 1 amide bonds. The standard InChI is InChI=1S/C17H16ClN3O/c1-21-11-20-15-10-12(2-7-16(15)21)8-9-19-17(22)13-3-5-14(18)6-4-13/h2-7,10-11H,8-9H2,1H3,(H,19,22). The van der Waals surface area contributed by atoms with E-state index in [0.717, 1.165) is 23.0 Å². The van der Waals surface area contributed by atoms with E-state index in [2.05, 4.69) is 28.5 Å². The van der Waals surface area contributed by atoms with E-state index in [1.165, 1.54) is 0 Å². The summed E-state index contributed by atoms with van der Waals surface area (Å²) in [7, 11) is 1.97. The highest BCUT2D eigenvalue weighted by atomic mass is 35.5. The average Bonchev–Trinajstić information content (AvgIpc) is 2.89. The Labute approximate surface area is 133 Å². The van der Waals surface area contributed by atoms with Crippen molar-refractivity contribution in [3.8, 4) is 0 Å². The van der Waals surface area contributed by atoms with Crippen LogP contribution in [-0.2, 0) is 13.5 Å². The second-order valence-electron chi connectivity index (χ2n) is 5.19. The largest absolute Gasteiger partial charge is 0.352 e. The van der Waals surface area contributed by atoms with Gasteiger partial charge in [0.25, 0.3) is 5.91 Å². The van der Waals surface area contributed by atoms with Crippen molar-refractivity contribution in [1.82, 2.24) is 14.9 Å². The molecule has 1 aromatic heterocycles. The number of aromatic nitrogens is 2. The van der Waals surface area contributed by atoms with E-state index < -0.39 is 0 Å². The van der Waals surface area contributed by atoms with Crippen molar-refractivity contribution in [2.24, 2.45) is 7.05 Å². The van der Waals surface area contributed by atoms with E-state index in [1.54, 1.807) is 30.6 Å². The molecule has 1 N–H and O–H groups in total. The van der Waals surface area contributed by atoms with E-state index >= 15 is 0 Å². The number of hydrogen-bond donors (Lipinski definition) is 1. The van der Waals surface area contributed by atoms with Crippen LogP contribution in [0, 0.1) is 0 Å². The van der Waals surface area contributed by atoms with Gasteiger partial charge in [-0.2, -0.15) is 0 Å². The molecule has 0 aliphatic heterocycles. The van der Waals surface area contributed by atoms with Gasteiger partial charge in [0.1, 0.15) is 0 Å². The Morgan fingerprint density at radius 2 is 2.00 bits per heavy atom. The number of benzene rings is 2. The molecule has 0 bridgehead atoms. The van der Waals surface area contributed by atoms with Crippen LogP contribution in [0.1, 0.15) is 15.9 Å². The fourth-order valence-corrected chi connectivity index (χ4v) is 2.49. The number of carbonyl (C=O) groups is 1. The number of halogens is 1. The first-order chi connectivity index (χ1) is 10.6. The lowest BCUT2D eigenvalue weighted by atomic mass is 10.1. The minimum atomic E-state index is -0.0874. The van der Waals surface area contributed by atoms with Crippen LogP contribution in [-0.4, -0.2) is 22.0 Å². The molecule has 0 saturated heterocycles. The molecule has 0 aliphatic rings. The number of amides is 1. The SMILES string of the molecule is Cn1cnc2cc(CCNC(=O)c3ccc(Cl)cc3)ccc21. The number of imidazole rings is 1. The molecule has 5 heteroatoms. The van der Waals surface area contributed by atoms with Crippen LogP contribution >= 0.6 is 11.6 Å². The van der Waals surface area contributed by atoms with Crippen molar-refractivity contribution >= 4 is 28.5 Å². The van der Waals surface area contributed by atoms with Crippen molar-refractivity contribution in [3.63, 3.8) is 0 Å². The topological polar surface area (TPSA) is 46.9 Å². The minimum Gasteiger partial charge on any atom is -0.352 e. The van der Waals surface area contributed by atoms with Crippen molar-refractivity contribution in [2.45, 2.75) is 6.42 Å². The summed E-state index contributed by atoms with van der Waals surface area (Å²) in [5.74, 6) is -0.0874. The van der Waals surface area contributed by atoms with Crippen molar-refractivity contribution in [2.75, 3.05) is 6.54 Å². The number of rotatable bonds is 4. The van der Waals surface area contributed by atoms with Crippen molar-refractivity contribution in [3.05, 3.63) is 64.9 Å². The number of aryl methyl sites for hydroxylation is 1. The van der Waals surface area contributed by atoms with Gasteiger partial charge in [0.2, 0.25) is 0 Å². The molecular formula is C17H16ClN3O. The Morgan fingerprint density at radius 1 is 1.23 bits per heavy atom. The predicted octanol–water partition coefficient (Wildman–Crippen LogP) is 3.20. The van der Waals surface area contributed by atoms with E-state index in [4.69, 9.17) is 11.6 Å². The number of fused-ring (bicyclic) bond motifs is 1. The number of nitrogens with one attached hydrogen (secondary N) is 1. The lowest BCUT2D eigenvalue weighted by Crippen LogP contribution is -2.25. The third-order valence-electron chi connectivity index (χ3n) is 3.60. The van der Waals surface area contributed by atoms with Gasteiger partial charge >= 0.3 is 0 Å². The van der Waals surface area contributed by atoms with Gasteiger partial charge in [-0.05, 0) is 48.4 Å². The zero-order valence-corrected chi connectivity index (χ0v) is 13.0. The van der Waals surface area contributed by atoms with Crippen molar-refractivity contribution < 1.29 is 4.79 Å². The Bertz CT molecular complexity index is 808. The zero-order valence-electron chi connectivity index (χ0n) is 12.2. The Kier molecular flexibility index (Phi) is 4.11. The van der Waals surface area contributed by atoms with Crippen molar-refractivity contribution in [1.29, 1.82) is 0 Å². The molecule has 0 saturated carbocycles. The molecule has 0 atom stereocenters. The van der Waals surface area contributed by atoms with Crippen LogP contribution in [0.3, 0.4) is 0 Å². The highest BCUT2D eigenvalue weighted by molar-refractivity contribution is 6.30. The number of hydrogen-bond acceptors (Lipinski definition) is 2.